The molecule has 3 rings (SSSR count). The summed E-state index contributed by atoms with van der Waals surface area (Å²) in [4.78, 5) is 23.1. The van der Waals surface area contributed by atoms with Crippen molar-refractivity contribution in [3.63, 3.8) is 0 Å². The molecule has 1 heterocycles. The van der Waals surface area contributed by atoms with Gasteiger partial charge in [0.25, 0.3) is 0 Å². The molecule has 3 aromatic rings. The van der Waals surface area contributed by atoms with Crippen LogP contribution in [0.25, 0.3) is 11.0 Å². The maximum atomic E-state index is 13.8. The summed E-state index contributed by atoms with van der Waals surface area (Å²) in [6.07, 6.45) is -0.0822. The molecule has 0 spiro atoms. The predicted molar refractivity (Wildman–Crippen MR) is 98.6 cm³/mol. The van der Waals surface area contributed by atoms with Gasteiger partial charge in [-0.25, -0.2) is 13.6 Å². The fraction of sp³-hybridized carbons (Fsp3) is 0.238. The summed E-state index contributed by atoms with van der Waals surface area (Å²) >= 11 is 0. The minimum Gasteiger partial charge on any atom is -0.488 e. The molecule has 5 nitrogen and oxygen atoms in total. The molecule has 0 bridgehead atoms. The van der Waals surface area contributed by atoms with Crippen molar-refractivity contribution < 1.29 is 27.8 Å². The van der Waals surface area contributed by atoms with E-state index in [9.17, 15) is 18.4 Å². The molecular weight excluding hydrogens is 370 g/mol. The van der Waals surface area contributed by atoms with Crippen molar-refractivity contribution in [2.24, 2.45) is 0 Å². The maximum absolute atomic E-state index is 13.8. The topological polar surface area (TPSA) is 76.7 Å². The summed E-state index contributed by atoms with van der Waals surface area (Å²) in [5, 5.41) is 9.52. The molecule has 7 heteroatoms. The molecule has 0 aliphatic rings. The lowest BCUT2D eigenvalue weighted by molar-refractivity contribution is -0.136. The van der Waals surface area contributed by atoms with Gasteiger partial charge in [-0.1, -0.05) is 0 Å². The van der Waals surface area contributed by atoms with Gasteiger partial charge in [0.1, 0.15) is 29.6 Å². The van der Waals surface area contributed by atoms with E-state index in [4.69, 9.17) is 14.3 Å². The molecule has 28 heavy (non-hydrogen) atoms. The van der Waals surface area contributed by atoms with Gasteiger partial charge in [-0.15, -0.1) is 0 Å². The molecule has 2 aromatic carbocycles. The van der Waals surface area contributed by atoms with Crippen molar-refractivity contribution in [1.82, 2.24) is 0 Å². The maximum Gasteiger partial charge on any atom is 0.339 e. The first kappa shape index (κ1) is 19.5. The average Bonchev–Trinajstić information content (AvgIpc) is 2.62. The van der Waals surface area contributed by atoms with Gasteiger partial charge in [0.05, 0.1) is 0 Å². The Balaban J connectivity index is 1.93. The Morgan fingerprint density at radius 2 is 1.89 bits per heavy atom. The molecule has 0 radical (unpaired) electrons. The number of halogens is 2. The van der Waals surface area contributed by atoms with Crippen molar-refractivity contribution >= 4 is 16.9 Å². The molecule has 0 aliphatic carbocycles. The second-order valence-electron chi connectivity index (χ2n) is 6.48. The predicted octanol–water partition coefficient (Wildman–Crippen LogP) is 4.28. The van der Waals surface area contributed by atoms with E-state index in [1.54, 1.807) is 26.0 Å². The number of carboxylic acids is 1. The SMILES string of the molecule is Cc1c(CCC(=O)O)c(=O)oc2c(C)c(OCc3ccc(F)cc3F)ccc12. The van der Waals surface area contributed by atoms with Crippen molar-refractivity contribution in [2.45, 2.75) is 33.3 Å². The van der Waals surface area contributed by atoms with Crippen molar-refractivity contribution in [1.29, 1.82) is 0 Å². The van der Waals surface area contributed by atoms with Gasteiger partial charge in [-0.05, 0) is 50.1 Å². The van der Waals surface area contributed by atoms with E-state index in [-0.39, 0.29) is 25.0 Å². The first-order valence-corrected chi connectivity index (χ1v) is 8.62. The van der Waals surface area contributed by atoms with Crippen molar-refractivity contribution in [3.8, 4) is 5.75 Å². The minimum atomic E-state index is -0.994. The van der Waals surface area contributed by atoms with Crippen LogP contribution in [0.2, 0.25) is 0 Å². The highest BCUT2D eigenvalue weighted by Crippen LogP contribution is 2.30. The number of benzene rings is 2. The molecule has 0 aliphatic heterocycles. The number of aryl methyl sites for hydroxylation is 2. The summed E-state index contributed by atoms with van der Waals surface area (Å²) in [6.45, 7) is 3.33. The third-order valence-corrected chi connectivity index (χ3v) is 4.64. The van der Waals surface area contributed by atoms with Crippen LogP contribution in [0.3, 0.4) is 0 Å². The zero-order chi connectivity index (χ0) is 20.4. The van der Waals surface area contributed by atoms with Crippen LogP contribution < -0.4 is 10.4 Å². The number of rotatable bonds is 6. The van der Waals surface area contributed by atoms with Crippen LogP contribution in [0, 0.1) is 25.5 Å². The quantitative estimate of drug-likeness (QED) is 0.638. The largest absolute Gasteiger partial charge is 0.488 e. The van der Waals surface area contributed by atoms with E-state index < -0.39 is 23.2 Å². The molecule has 1 N–H and O–H groups in total. The number of ether oxygens (including phenoxy) is 1. The van der Waals surface area contributed by atoms with E-state index in [0.717, 1.165) is 12.1 Å². The van der Waals surface area contributed by atoms with Crippen molar-refractivity contribution in [2.75, 3.05) is 0 Å². The van der Waals surface area contributed by atoms with Crippen LogP contribution in [0.5, 0.6) is 5.75 Å². The molecular formula is C21H18F2O5. The highest BCUT2D eigenvalue weighted by Gasteiger charge is 2.16. The summed E-state index contributed by atoms with van der Waals surface area (Å²) in [5.74, 6) is -1.97. The van der Waals surface area contributed by atoms with E-state index in [1.165, 1.54) is 6.07 Å². The minimum absolute atomic E-state index is 0.0839. The number of fused-ring (bicyclic) bond motifs is 1. The fourth-order valence-electron chi connectivity index (χ4n) is 3.04. The summed E-state index contributed by atoms with van der Waals surface area (Å²) in [6, 6.07) is 6.62. The Hall–Kier alpha value is -3.22. The zero-order valence-corrected chi connectivity index (χ0v) is 15.3. The van der Waals surface area contributed by atoms with Crippen LogP contribution in [0.15, 0.2) is 39.5 Å². The second kappa shape index (κ2) is 7.80. The van der Waals surface area contributed by atoms with E-state index in [0.29, 0.717) is 33.4 Å². The molecule has 0 fully saturated rings. The first-order chi connectivity index (χ1) is 13.3. The van der Waals surface area contributed by atoms with E-state index in [1.807, 2.05) is 0 Å². The van der Waals surface area contributed by atoms with Gasteiger partial charge in [-0.3, -0.25) is 4.79 Å². The lowest BCUT2D eigenvalue weighted by atomic mass is 10.0. The Bertz CT molecular complexity index is 1120. The van der Waals surface area contributed by atoms with Gasteiger partial charge in [0, 0.05) is 34.6 Å². The Morgan fingerprint density at radius 1 is 1.14 bits per heavy atom. The molecule has 0 saturated heterocycles. The van der Waals surface area contributed by atoms with Crippen LogP contribution in [-0.2, 0) is 17.8 Å². The molecule has 146 valence electrons. The lowest BCUT2D eigenvalue weighted by Crippen LogP contribution is -2.13. The average molecular weight is 388 g/mol. The molecule has 0 atom stereocenters. The van der Waals surface area contributed by atoms with Gasteiger partial charge in [0.2, 0.25) is 0 Å². The molecule has 0 unspecified atom stereocenters. The molecule has 0 amide bonds. The number of hydrogen-bond donors (Lipinski definition) is 1. The number of aliphatic carboxylic acids is 1. The van der Waals surface area contributed by atoms with Gasteiger partial charge >= 0.3 is 11.6 Å². The molecule has 1 aromatic heterocycles. The second-order valence-corrected chi connectivity index (χ2v) is 6.48. The number of hydrogen-bond acceptors (Lipinski definition) is 4. The standard InChI is InChI=1S/C21H18F2O5/c1-11-15-5-7-18(27-10-13-3-4-14(22)9-17(13)23)12(2)20(15)28-21(26)16(11)6-8-19(24)25/h3-5,7,9H,6,8,10H2,1-2H3,(H,24,25). The third-order valence-electron chi connectivity index (χ3n) is 4.64. The van der Waals surface area contributed by atoms with Gasteiger partial charge in [-0.2, -0.15) is 0 Å². The summed E-state index contributed by atoms with van der Waals surface area (Å²) in [5.41, 5.74) is 1.49. The van der Waals surface area contributed by atoms with Gasteiger partial charge < -0.3 is 14.3 Å². The van der Waals surface area contributed by atoms with E-state index in [2.05, 4.69) is 0 Å². The Morgan fingerprint density at radius 3 is 2.57 bits per heavy atom. The third kappa shape index (κ3) is 3.88. The van der Waals surface area contributed by atoms with Crippen LogP contribution in [0.1, 0.15) is 28.7 Å². The highest BCUT2D eigenvalue weighted by atomic mass is 19.1. The van der Waals surface area contributed by atoms with Crippen LogP contribution >= 0.6 is 0 Å². The van der Waals surface area contributed by atoms with Crippen LogP contribution in [0.4, 0.5) is 8.78 Å². The number of carbonyl (C=O) groups is 1. The Labute approximate surface area is 159 Å². The first-order valence-electron chi connectivity index (χ1n) is 8.62. The summed E-state index contributed by atoms with van der Waals surface area (Å²) < 4.78 is 37.8. The lowest BCUT2D eigenvalue weighted by Gasteiger charge is -2.13. The van der Waals surface area contributed by atoms with Gasteiger partial charge in [0.15, 0.2) is 0 Å². The highest BCUT2D eigenvalue weighted by molar-refractivity contribution is 5.85. The van der Waals surface area contributed by atoms with Crippen molar-refractivity contribution in [3.05, 3.63) is 74.6 Å². The monoisotopic (exact) mass is 388 g/mol. The molecule has 0 saturated carbocycles. The normalized spacial score (nSPS) is 11.0. The van der Waals surface area contributed by atoms with Crippen LogP contribution in [-0.4, -0.2) is 11.1 Å². The summed E-state index contributed by atoms with van der Waals surface area (Å²) in [7, 11) is 0. The van der Waals surface area contributed by atoms with E-state index >= 15 is 0 Å². The number of carboxylic acid groups (broad SMARTS) is 1. The smallest absolute Gasteiger partial charge is 0.339 e. The fourth-order valence-corrected chi connectivity index (χ4v) is 3.04. The Kier molecular flexibility index (Phi) is 5.44. The zero-order valence-electron chi connectivity index (χ0n) is 15.3.